The Morgan fingerprint density at radius 2 is 1.58 bits per heavy atom. The van der Waals surface area contributed by atoms with Crippen LogP contribution in [0.2, 0.25) is 0 Å². The Morgan fingerprint density at radius 1 is 1.00 bits per heavy atom. The first-order valence-electron chi connectivity index (χ1n) is 7.89. The van der Waals surface area contributed by atoms with Gasteiger partial charge < -0.3 is 11.1 Å². The lowest BCUT2D eigenvalue weighted by Crippen LogP contribution is -2.40. The molecule has 0 aliphatic carbocycles. The fourth-order valence-electron chi connectivity index (χ4n) is 2.59. The van der Waals surface area contributed by atoms with Crippen LogP contribution in [0, 0.1) is 0 Å². The number of rotatable bonds is 8. The Hall–Kier alpha value is -2.66. The molecule has 2 aromatic carbocycles. The van der Waals surface area contributed by atoms with Crippen LogP contribution in [0.3, 0.4) is 0 Å². The number of nitrogens with zero attached hydrogens (tertiary/aromatic N) is 1. The molecule has 0 fully saturated rings. The van der Waals surface area contributed by atoms with Crippen LogP contribution in [0.1, 0.15) is 17.2 Å². The standard InChI is InChI=1S/C19H23N3O2/c1-22(13-18(20)23)14-19(24)21-17(16-10-6-3-7-11-16)12-15-8-4-2-5-9-15/h2-11,17H,12-14H2,1H3,(H2,20,23)(H,21,24)/t17-/m0/s1. The molecule has 0 heterocycles. The van der Waals surface area contributed by atoms with E-state index in [4.69, 9.17) is 5.73 Å². The fraction of sp³-hybridized carbons (Fsp3) is 0.263. The third kappa shape index (κ3) is 5.85. The van der Waals surface area contributed by atoms with E-state index in [1.165, 1.54) is 0 Å². The van der Waals surface area contributed by atoms with Gasteiger partial charge in [0.1, 0.15) is 0 Å². The molecule has 126 valence electrons. The molecule has 0 radical (unpaired) electrons. The van der Waals surface area contributed by atoms with Crippen molar-refractivity contribution >= 4 is 11.8 Å². The number of carbonyl (C=O) groups is 2. The highest BCUT2D eigenvalue weighted by Gasteiger charge is 2.16. The van der Waals surface area contributed by atoms with E-state index in [1.54, 1.807) is 11.9 Å². The summed E-state index contributed by atoms with van der Waals surface area (Å²) in [5.41, 5.74) is 7.35. The molecule has 0 aliphatic rings. The van der Waals surface area contributed by atoms with Crippen molar-refractivity contribution in [3.63, 3.8) is 0 Å². The zero-order valence-electron chi connectivity index (χ0n) is 13.8. The van der Waals surface area contributed by atoms with Gasteiger partial charge in [0.2, 0.25) is 11.8 Å². The molecule has 0 bridgehead atoms. The molecule has 0 unspecified atom stereocenters. The summed E-state index contributed by atoms with van der Waals surface area (Å²) >= 11 is 0. The van der Waals surface area contributed by atoms with Crippen molar-refractivity contribution in [3.05, 3.63) is 71.8 Å². The zero-order chi connectivity index (χ0) is 17.4. The molecule has 2 aromatic rings. The number of hydrogen-bond acceptors (Lipinski definition) is 3. The van der Waals surface area contributed by atoms with Crippen LogP contribution in [0.5, 0.6) is 0 Å². The van der Waals surface area contributed by atoms with Gasteiger partial charge >= 0.3 is 0 Å². The molecule has 0 spiro atoms. The average molecular weight is 325 g/mol. The largest absolute Gasteiger partial charge is 0.369 e. The molecule has 0 aliphatic heterocycles. The first kappa shape index (κ1) is 17.7. The fourth-order valence-corrected chi connectivity index (χ4v) is 2.59. The van der Waals surface area contributed by atoms with E-state index in [1.807, 2.05) is 60.7 Å². The second-order valence-corrected chi connectivity index (χ2v) is 5.86. The SMILES string of the molecule is CN(CC(N)=O)CC(=O)N[C@@H](Cc1ccccc1)c1ccccc1. The number of carbonyl (C=O) groups excluding carboxylic acids is 2. The lowest BCUT2D eigenvalue weighted by atomic mass is 9.99. The number of nitrogens with one attached hydrogen (secondary N) is 1. The molecule has 1 atom stereocenters. The second kappa shape index (κ2) is 8.84. The number of hydrogen-bond donors (Lipinski definition) is 2. The number of likely N-dealkylation sites (N-methyl/N-ethyl adjacent to an activating group) is 1. The number of benzene rings is 2. The molecule has 0 aromatic heterocycles. The number of primary amides is 1. The molecular formula is C19H23N3O2. The van der Waals surface area contributed by atoms with Gasteiger partial charge in [-0.25, -0.2) is 0 Å². The van der Waals surface area contributed by atoms with E-state index in [0.717, 1.165) is 11.1 Å². The van der Waals surface area contributed by atoms with Gasteiger partial charge in [-0.3, -0.25) is 14.5 Å². The van der Waals surface area contributed by atoms with Gasteiger partial charge in [-0.1, -0.05) is 60.7 Å². The highest BCUT2D eigenvalue weighted by atomic mass is 16.2. The summed E-state index contributed by atoms with van der Waals surface area (Å²) in [6.45, 7) is 0.184. The zero-order valence-corrected chi connectivity index (χ0v) is 13.8. The van der Waals surface area contributed by atoms with E-state index in [-0.39, 0.29) is 25.0 Å². The van der Waals surface area contributed by atoms with Crippen molar-refractivity contribution in [1.82, 2.24) is 10.2 Å². The third-order valence-electron chi connectivity index (χ3n) is 3.66. The summed E-state index contributed by atoms with van der Waals surface area (Å²) in [4.78, 5) is 24.8. The molecule has 2 amide bonds. The summed E-state index contributed by atoms with van der Waals surface area (Å²) in [5, 5.41) is 3.05. The first-order chi connectivity index (χ1) is 11.5. The first-order valence-corrected chi connectivity index (χ1v) is 7.89. The monoisotopic (exact) mass is 325 g/mol. The average Bonchev–Trinajstić information content (AvgIpc) is 2.55. The number of amides is 2. The topological polar surface area (TPSA) is 75.4 Å². The molecule has 0 saturated carbocycles. The van der Waals surface area contributed by atoms with Crippen LogP contribution in [-0.4, -0.2) is 36.9 Å². The van der Waals surface area contributed by atoms with Crippen molar-refractivity contribution in [1.29, 1.82) is 0 Å². The Morgan fingerprint density at radius 3 is 2.17 bits per heavy atom. The third-order valence-corrected chi connectivity index (χ3v) is 3.66. The van der Waals surface area contributed by atoms with E-state index in [2.05, 4.69) is 5.32 Å². The summed E-state index contributed by atoms with van der Waals surface area (Å²) in [6.07, 6.45) is 0.704. The second-order valence-electron chi connectivity index (χ2n) is 5.86. The van der Waals surface area contributed by atoms with Crippen LogP contribution in [0.15, 0.2) is 60.7 Å². The minimum Gasteiger partial charge on any atom is -0.369 e. The predicted octanol–water partition coefficient (Wildman–Crippen LogP) is 1.50. The summed E-state index contributed by atoms with van der Waals surface area (Å²) in [7, 11) is 1.69. The predicted molar refractivity (Wildman–Crippen MR) is 94.2 cm³/mol. The molecule has 5 heteroatoms. The Balaban J connectivity index is 2.06. The Labute approximate surface area is 142 Å². The Bertz CT molecular complexity index is 659. The molecule has 2 rings (SSSR count). The van der Waals surface area contributed by atoms with Crippen molar-refractivity contribution in [2.24, 2.45) is 5.73 Å². The van der Waals surface area contributed by atoms with E-state index >= 15 is 0 Å². The molecule has 24 heavy (non-hydrogen) atoms. The maximum atomic E-state index is 12.3. The van der Waals surface area contributed by atoms with Gasteiger partial charge in [-0.2, -0.15) is 0 Å². The summed E-state index contributed by atoms with van der Waals surface area (Å²) in [5.74, 6) is -0.585. The minimum atomic E-state index is -0.450. The van der Waals surface area contributed by atoms with Gasteiger partial charge in [0, 0.05) is 0 Å². The molecule has 3 N–H and O–H groups in total. The van der Waals surface area contributed by atoms with Crippen LogP contribution in [0.4, 0.5) is 0 Å². The summed E-state index contributed by atoms with van der Waals surface area (Å²) < 4.78 is 0. The van der Waals surface area contributed by atoms with Crippen molar-refractivity contribution in [2.75, 3.05) is 20.1 Å². The van der Waals surface area contributed by atoms with Gasteiger partial charge in [0.15, 0.2) is 0 Å². The Kier molecular flexibility index (Phi) is 6.51. The van der Waals surface area contributed by atoms with Crippen molar-refractivity contribution in [3.8, 4) is 0 Å². The smallest absolute Gasteiger partial charge is 0.234 e. The molecular weight excluding hydrogens is 302 g/mol. The highest BCUT2D eigenvalue weighted by molar-refractivity contribution is 5.80. The van der Waals surface area contributed by atoms with Gasteiger partial charge in [-0.15, -0.1) is 0 Å². The van der Waals surface area contributed by atoms with Gasteiger partial charge in [0.05, 0.1) is 19.1 Å². The number of nitrogens with two attached hydrogens (primary N) is 1. The van der Waals surface area contributed by atoms with E-state index < -0.39 is 5.91 Å². The quantitative estimate of drug-likeness (QED) is 0.772. The van der Waals surface area contributed by atoms with Crippen LogP contribution < -0.4 is 11.1 Å². The maximum Gasteiger partial charge on any atom is 0.234 e. The van der Waals surface area contributed by atoms with Gasteiger partial charge in [0.25, 0.3) is 0 Å². The summed E-state index contributed by atoms with van der Waals surface area (Å²) in [6, 6.07) is 19.8. The molecule has 5 nitrogen and oxygen atoms in total. The van der Waals surface area contributed by atoms with E-state index in [0.29, 0.717) is 6.42 Å². The van der Waals surface area contributed by atoms with Crippen molar-refractivity contribution in [2.45, 2.75) is 12.5 Å². The molecule has 0 saturated heterocycles. The highest BCUT2D eigenvalue weighted by Crippen LogP contribution is 2.18. The van der Waals surface area contributed by atoms with Crippen LogP contribution in [-0.2, 0) is 16.0 Å². The van der Waals surface area contributed by atoms with Crippen LogP contribution >= 0.6 is 0 Å². The van der Waals surface area contributed by atoms with Crippen LogP contribution in [0.25, 0.3) is 0 Å². The van der Waals surface area contributed by atoms with Crippen molar-refractivity contribution < 1.29 is 9.59 Å². The normalized spacial score (nSPS) is 11.9. The van der Waals surface area contributed by atoms with E-state index in [9.17, 15) is 9.59 Å². The lowest BCUT2D eigenvalue weighted by molar-refractivity contribution is -0.123. The van der Waals surface area contributed by atoms with Gasteiger partial charge in [-0.05, 0) is 24.6 Å². The lowest BCUT2D eigenvalue weighted by Gasteiger charge is -2.21. The maximum absolute atomic E-state index is 12.3. The minimum absolute atomic E-state index is 0.0576.